The van der Waals surface area contributed by atoms with E-state index in [1.54, 1.807) is 7.11 Å². The molecular weight excluding hydrogens is 356 g/mol. The minimum absolute atomic E-state index is 0.230. The Bertz CT molecular complexity index is 660. The van der Waals surface area contributed by atoms with Gasteiger partial charge in [0.05, 0.1) is 20.1 Å². The van der Waals surface area contributed by atoms with Crippen molar-refractivity contribution in [2.75, 3.05) is 14.2 Å². The fraction of sp³-hybridized carbons (Fsp3) is 0.211. The van der Waals surface area contributed by atoms with Crippen molar-refractivity contribution in [2.45, 2.75) is 12.3 Å². The third-order valence-corrected chi connectivity index (χ3v) is 4.08. The lowest BCUT2D eigenvalue weighted by Crippen LogP contribution is -2.13. The fourth-order valence-corrected chi connectivity index (χ4v) is 2.53. The predicted molar refractivity (Wildman–Crippen MR) is 95.5 cm³/mol. The molecule has 0 heterocycles. The molecule has 1 atom stereocenters. The Kier molecular flexibility index (Phi) is 6.41. The molecular formula is C19H19BrO3. The second-order valence-corrected chi connectivity index (χ2v) is 5.95. The van der Waals surface area contributed by atoms with E-state index in [1.165, 1.54) is 7.11 Å². The highest BCUT2D eigenvalue weighted by Gasteiger charge is 2.19. The van der Waals surface area contributed by atoms with Gasteiger partial charge in [0, 0.05) is 4.47 Å². The molecule has 3 nitrogen and oxygen atoms in total. The lowest BCUT2D eigenvalue weighted by Gasteiger charge is -2.13. The van der Waals surface area contributed by atoms with Gasteiger partial charge >= 0.3 is 5.97 Å². The van der Waals surface area contributed by atoms with Gasteiger partial charge in [0.15, 0.2) is 0 Å². The molecule has 0 radical (unpaired) electrons. The van der Waals surface area contributed by atoms with E-state index in [-0.39, 0.29) is 11.9 Å². The van der Waals surface area contributed by atoms with Gasteiger partial charge < -0.3 is 9.47 Å². The summed E-state index contributed by atoms with van der Waals surface area (Å²) in [6.07, 6.45) is 4.57. The maximum atomic E-state index is 12.0. The molecule has 0 N–H and O–H groups in total. The number of allylic oxidation sites excluding steroid dienone is 1. The summed E-state index contributed by atoms with van der Waals surface area (Å²) in [4.78, 5) is 12.0. The van der Waals surface area contributed by atoms with Gasteiger partial charge in [-0.15, -0.1) is 0 Å². The molecule has 0 unspecified atom stereocenters. The summed E-state index contributed by atoms with van der Waals surface area (Å²) in [5, 5.41) is 0. The van der Waals surface area contributed by atoms with Gasteiger partial charge in [-0.3, -0.25) is 4.79 Å². The van der Waals surface area contributed by atoms with E-state index in [1.807, 2.05) is 60.7 Å². The molecule has 0 saturated carbocycles. The second-order valence-electron chi connectivity index (χ2n) is 5.04. The van der Waals surface area contributed by atoms with Crippen LogP contribution in [-0.2, 0) is 9.53 Å². The van der Waals surface area contributed by atoms with Crippen LogP contribution in [0.25, 0.3) is 6.08 Å². The van der Waals surface area contributed by atoms with Crippen LogP contribution in [0.4, 0.5) is 0 Å². The Morgan fingerprint density at radius 3 is 2.30 bits per heavy atom. The van der Waals surface area contributed by atoms with Gasteiger partial charge in [-0.25, -0.2) is 0 Å². The molecule has 0 fully saturated rings. The van der Waals surface area contributed by atoms with Crippen molar-refractivity contribution in [3.8, 4) is 5.75 Å². The van der Waals surface area contributed by atoms with Crippen molar-refractivity contribution in [1.82, 2.24) is 0 Å². The van der Waals surface area contributed by atoms with Gasteiger partial charge in [-0.1, -0.05) is 52.3 Å². The van der Waals surface area contributed by atoms with Crippen LogP contribution in [0.2, 0.25) is 0 Å². The zero-order chi connectivity index (χ0) is 16.7. The Hall–Kier alpha value is -2.07. The van der Waals surface area contributed by atoms with Crippen LogP contribution in [0.15, 0.2) is 59.1 Å². The average molecular weight is 375 g/mol. The van der Waals surface area contributed by atoms with E-state index in [2.05, 4.69) is 15.9 Å². The number of halogens is 1. The Morgan fingerprint density at radius 1 is 1.09 bits per heavy atom. The van der Waals surface area contributed by atoms with E-state index >= 15 is 0 Å². The van der Waals surface area contributed by atoms with Gasteiger partial charge in [0.1, 0.15) is 5.75 Å². The molecule has 0 aliphatic rings. The number of esters is 1. The maximum Gasteiger partial charge on any atom is 0.313 e. The standard InChI is InChI=1S/C19H19BrO3/c1-22-17-12-6-14(7-13-17)4-3-5-18(19(21)23-2)15-8-10-16(20)11-9-15/h3-4,6-13,18H,5H2,1-2H3/b4-3+/t18-/m0/s1. The predicted octanol–water partition coefficient (Wildman–Crippen LogP) is 4.82. The molecule has 2 aromatic carbocycles. The summed E-state index contributed by atoms with van der Waals surface area (Å²) in [7, 11) is 3.06. The third-order valence-electron chi connectivity index (χ3n) is 3.56. The van der Waals surface area contributed by atoms with Gasteiger partial charge in [-0.2, -0.15) is 0 Å². The smallest absolute Gasteiger partial charge is 0.313 e. The topological polar surface area (TPSA) is 35.5 Å². The summed E-state index contributed by atoms with van der Waals surface area (Å²) in [5.41, 5.74) is 2.00. The monoisotopic (exact) mass is 374 g/mol. The number of hydrogen-bond donors (Lipinski definition) is 0. The summed E-state index contributed by atoms with van der Waals surface area (Å²) >= 11 is 3.40. The first-order valence-corrected chi connectivity index (χ1v) is 8.07. The van der Waals surface area contributed by atoms with Crippen molar-refractivity contribution in [1.29, 1.82) is 0 Å². The highest BCUT2D eigenvalue weighted by atomic mass is 79.9. The van der Waals surface area contributed by atoms with Crippen molar-refractivity contribution in [3.05, 3.63) is 70.2 Å². The maximum absolute atomic E-state index is 12.0. The van der Waals surface area contributed by atoms with Crippen LogP contribution in [0.5, 0.6) is 5.75 Å². The van der Waals surface area contributed by atoms with Gasteiger partial charge in [-0.05, 0) is 41.8 Å². The summed E-state index contributed by atoms with van der Waals surface area (Å²) in [6.45, 7) is 0. The molecule has 2 aromatic rings. The first kappa shape index (κ1) is 17.3. The molecule has 0 aliphatic carbocycles. The first-order valence-electron chi connectivity index (χ1n) is 7.28. The lowest BCUT2D eigenvalue weighted by atomic mass is 9.95. The Balaban J connectivity index is 2.09. The molecule has 0 saturated heterocycles. The van der Waals surface area contributed by atoms with Crippen LogP contribution < -0.4 is 4.74 Å². The molecule has 0 bridgehead atoms. The van der Waals surface area contributed by atoms with Crippen molar-refractivity contribution in [2.24, 2.45) is 0 Å². The van der Waals surface area contributed by atoms with Crippen molar-refractivity contribution < 1.29 is 14.3 Å². The number of carbonyl (C=O) groups is 1. The largest absolute Gasteiger partial charge is 0.497 e. The summed E-state index contributed by atoms with van der Waals surface area (Å²) < 4.78 is 11.1. The molecule has 2 rings (SSSR count). The molecule has 120 valence electrons. The fourth-order valence-electron chi connectivity index (χ4n) is 2.26. The molecule has 0 aromatic heterocycles. The molecule has 0 aliphatic heterocycles. The number of carbonyl (C=O) groups excluding carboxylic acids is 1. The second kappa shape index (κ2) is 8.53. The number of hydrogen-bond acceptors (Lipinski definition) is 3. The van der Waals surface area contributed by atoms with Crippen LogP contribution in [0, 0.1) is 0 Å². The highest BCUT2D eigenvalue weighted by molar-refractivity contribution is 9.10. The summed E-state index contributed by atoms with van der Waals surface area (Å²) in [6, 6.07) is 15.5. The van der Waals surface area contributed by atoms with E-state index in [0.717, 1.165) is 21.3 Å². The van der Waals surface area contributed by atoms with Crippen LogP contribution in [-0.4, -0.2) is 20.2 Å². The average Bonchev–Trinajstić information content (AvgIpc) is 2.59. The molecule has 0 spiro atoms. The van der Waals surface area contributed by atoms with Crippen LogP contribution in [0.3, 0.4) is 0 Å². The Morgan fingerprint density at radius 2 is 1.74 bits per heavy atom. The van der Waals surface area contributed by atoms with Crippen molar-refractivity contribution in [3.63, 3.8) is 0 Å². The van der Waals surface area contributed by atoms with E-state index in [0.29, 0.717) is 6.42 Å². The zero-order valence-corrected chi connectivity index (χ0v) is 14.7. The minimum Gasteiger partial charge on any atom is -0.497 e. The number of benzene rings is 2. The van der Waals surface area contributed by atoms with E-state index in [4.69, 9.17) is 9.47 Å². The minimum atomic E-state index is -0.303. The SMILES string of the molecule is COC(=O)[C@@H](C/C=C/c1ccc(OC)cc1)c1ccc(Br)cc1. The van der Waals surface area contributed by atoms with Gasteiger partial charge in [0.2, 0.25) is 0 Å². The third kappa shape index (κ3) is 4.96. The van der Waals surface area contributed by atoms with Gasteiger partial charge in [0.25, 0.3) is 0 Å². The van der Waals surface area contributed by atoms with Crippen molar-refractivity contribution >= 4 is 28.0 Å². The van der Waals surface area contributed by atoms with Crippen LogP contribution in [0.1, 0.15) is 23.5 Å². The van der Waals surface area contributed by atoms with Crippen LogP contribution >= 0.6 is 15.9 Å². The quantitative estimate of drug-likeness (QED) is 0.680. The molecule has 4 heteroatoms. The normalized spacial score (nSPS) is 12.1. The number of rotatable bonds is 6. The highest BCUT2D eigenvalue weighted by Crippen LogP contribution is 2.24. The van der Waals surface area contributed by atoms with E-state index in [9.17, 15) is 4.79 Å². The number of ether oxygens (including phenoxy) is 2. The summed E-state index contributed by atoms with van der Waals surface area (Å²) in [5.74, 6) is 0.291. The Labute approximate surface area is 145 Å². The molecule has 23 heavy (non-hydrogen) atoms. The van der Waals surface area contributed by atoms with E-state index < -0.39 is 0 Å². The number of methoxy groups -OCH3 is 2. The lowest BCUT2D eigenvalue weighted by molar-refractivity contribution is -0.142. The molecule has 0 amide bonds. The first-order chi connectivity index (χ1) is 11.1. The zero-order valence-electron chi connectivity index (χ0n) is 13.2.